The molecule has 0 aromatic carbocycles. The first-order valence-electron chi connectivity index (χ1n) is 7.70. The molecule has 1 aromatic heterocycles. The minimum atomic E-state index is -1.01. The van der Waals surface area contributed by atoms with Gasteiger partial charge < -0.3 is 9.52 Å². The largest absolute Gasteiger partial charge is 0.437 e. The molecule has 0 saturated heterocycles. The molecule has 1 aromatic rings. The molecule has 3 rings (SSSR count). The summed E-state index contributed by atoms with van der Waals surface area (Å²) in [6.45, 7) is 4.35. The minimum absolute atomic E-state index is 0.386. The molecule has 118 valence electrons. The first-order valence-corrected chi connectivity index (χ1v) is 7.70. The number of rotatable bonds is 2. The first kappa shape index (κ1) is 15.4. The monoisotopic (exact) mass is 308 g/mol. The zero-order valence-corrected chi connectivity index (χ0v) is 13.3. The molecule has 4 heteroatoms. The SMILES string of the molecule is CC1C=Cc2nc(/C=C/C3=C/CN=CC(C)(O)/C=C\3)oc2C=C1. The van der Waals surface area contributed by atoms with Crippen LogP contribution in [0.1, 0.15) is 31.2 Å². The van der Waals surface area contributed by atoms with Gasteiger partial charge >= 0.3 is 0 Å². The minimum Gasteiger partial charge on any atom is -0.437 e. The van der Waals surface area contributed by atoms with Gasteiger partial charge in [-0.2, -0.15) is 0 Å². The normalized spacial score (nSPS) is 30.4. The molecule has 2 unspecified atom stereocenters. The van der Waals surface area contributed by atoms with Crippen molar-refractivity contribution in [2.75, 3.05) is 6.54 Å². The third kappa shape index (κ3) is 4.05. The zero-order valence-electron chi connectivity index (χ0n) is 13.3. The van der Waals surface area contributed by atoms with E-state index in [0.29, 0.717) is 18.4 Å². The number of hydrogen-bond donors (Lipinski definition) is 1. The smallest absolute Gasteiger partial charge is 0.220 e. The third-order valence-electron chi connectivity index (χ3n) is 3.62. The molecule has 2 atom stereocenters. The van der Waals surface area contributed by atoms with E-state index in [2.05, 4.69) is 29.1 Å². The van der Waals surface area contributed by atoms with Crippen LogP contribution >= 0.6 is 0 Å². The molecule has 1 N–H and O–H groups in total. The van der Waals surface area contributed by atoms with Crippen LogP contribution < -0.4 is 0 Å². The van der Waals surface area contributed by atoms with Crippen LogP contribution in [0.25, 0.3) is 18.2 Å². The molecule has 2 aliphatic rings. The van der Waals surface area contributed by atoms with Crippen molar-refractivity contribution in [3.05, 3.63) is 59.4 Å². The lowest BCUT2D eigenvalue weighted by atomic mass is 10.0. The van der Waals surface area contributed by atoms with Gasteiger partial charge in [-0.3, -0.25) is 4.99 Å². The fourth-order valence-electron chi connectivity index (χ4n) is 2.28. The quantitative estimate of drug-likeness (QED) is 0.906. The van der Waals surface area contributed by atoms with E-state index in [1.807, 2.05) is 36.5 Å². The molecule has 0 bridgehead atoms. The van der Waals surface area contributed by atoms with Crippen LogP contribution in [0.2, 0.25) is 0 Å². The Kier molecular flexibility index (Phi) is 4.26. The number of aliphatic hydroxyl groups is 1. The van der Waals surface area contributed by atoms with Gasteiger partial charge in [0.2, 0.25) is 5.89 Å². The van der Waals surface area contributed by atoms with Crippen molar-refractivity contribution in [1.29, 1.82) is 0 Å². The molecular weight excluding hydrogens is 288 g/mol. The number of oxazole rings is 1. The molecule has 0 saturated carbocycles. The summed E-state index contributed by atoms with van der Waals surface area (Å²) in [5.41, 5.74) is 0.787. The number of allylic oxidation sites excluding steroid dienone is 5. The van der Waals surface area contributed by atoms with Crippen molar-refractivity contribution < 1.29 is 9.52 Å². The van der Waals surface area contributed by atoms with Crippen LogP contribution in [0.15, 0.2) is 51.4 Å². The van der Waals surface area contributed by atoms with E-state index in [9.17, 15) is 5.11 Å². The summed E-state index contributed by atoms with van der Waals surface area (Å²) in [5.74, 6) is 1.72. The highest BCUT2D eigenvalue weighted by atomic mass is 16.4. The number of aliphatic imine (C=N–C) groups is 1. The Morgan fingerprint density at radius 3 is 2.96 bits per heavy atom. The van der Waals surface area contributed by atoms with E-state index in [0.717, 1.165) is 17.0 Å². The van der Waals surface area contributed by atoms with Gasteiger partial charge in [0.25, 0.3) is 0 Å². The van der Waals surface area contributed by atoms with Crippen LogP contribution in [0, 0.1) is 5.92 Å². The molecule has 4 nitrogen and oxygen atoms in total. The van der Waals surface area contributed by atoms with Gasteiger partial charge in [0.05, 0.1) is 6.54 Å². The highest BCUT2D eigenvalue weighted by Gasteiger charge is 2.13. The summed E-state index contributed by atoms with van der Waals surface area (Å²) in [6, 6.07) is 0. The molecule has 0 fully saturated rings. The molecule has 2 heterocycles. The molecular formula is C19H20N2O2. The predicted octanol–water partition coefficient (Wildman–Crippen LogP) is 3.68. The van der Waals surface area contributed by atoms with Crippen molar-refractivity contribution in [3.8, 4) is 0 Å². The zero-order chi connectivity index (χ0) is 16.3. The predicted molar refractivity (Wildman–Crippen MR) is 94.0 cm³/mol. The summed E-state index contributed by atoms with van der Waals surface area (Å²) < 4.78 is 5.76. The van der Waals surface area contributed by atoms with Crippen LogP contribution in [0.4, 0.5) is 0 Å². The Morgan fingerprint density at radius 2 is 2.09 bits per heavy atom. The molecule has 0 amide bonds. The van der Waals surface area contributed by atoms with E-state index in [1.165, 1.54) is 0 Å². The van der Waals surface area contributed by atoms with Crippen LogP contribution in [-0.2, 0) is 0 Å². The van der Waals surface area contributed by atoms with Crippen molar-refractivity contribution in [2.45, 2.75) is 19.4 Å². The summed E-state index contributed by atoms with van der Waals surface area (Å²) >= 11 is 0. The van der Waals surface area contributed by atoms with Gasteiger partial charge in [0, 0.05) is 12.3 Å². The molecule has 0 spiro atoms. The highest BCUT2D eigenvalue weighted by Crippen LogP contribution is 2.21. The van der Waals surface area contributed by atoms with Gasteiger partial charge in [-0.25, -0.2) is 4.98 Å². The number of fused-ring (bicyclic) bond motifs is 1. The van der Waals surface area contributed by atoms with E-state index < -0.39 is 5.60 Å². The average Bonchev–Trinajstić information content (AvgIpc) is 2.81. The van der Waals surface area contributed by atoms with E-state index >= 15 is 0 Å². The Balaban J connectivity index is 1.79. The molecule has 0 radical (unpaired) electrons. The van der Waals surface area contributed by atoms with Crippen LogP contribution in [-0.4, -0.2) is 28.5 Å². The maximum atomic E-state index is 10.0. The molecule has 23 heavy (non-hydrogen) atoms. The first-order chi connectivity index (χ1) is 11.0. The number of nitrogens with zero attached hydrogens (tertiary/aromatic N) is 2. The van der Waals surface area contributed by atoms with Crippen LogP contribution in [0.3, 0.4) is 0 Å². The fourth-order valence-corrected chi connectivity index (χ4v) is 2.28. The van der Waals surface area contributed by atoms with Crippen LogP contribution in [0.5, 0.6) is 0 Å². The second-order valence-electron chi connectivity index (χ2n) is 5.97. The number of hydrogen-bond acceptors (Lipinski definition) is 4. The summed E-state index contributed by atoms with van der Waals surface area (Å²) in [6.07, 6.45) is 19.0. The van der Waals surface area contributed by atoms with E-state index in [4.69, 9.17) is 4.42 Å². The maximum Gasteiger partial charge on any atom is 0.220 e. The Hall–Kier alpha value is -2.46. The standard InChI is InChI=1S/C19H20N2O2/c1-14-3-6-16-17(7-4-14)23-18(21-16)8-5-15-9-11-19(2,22)13-20-12-10-15/h3-11,13-14,22H,12H2,1-2H3/b8-5+,11-9-,15-10-,20-13?. The Labute approximate surface area is 136 Å². The highest BCUT2D eigenvalue weighted by molar-refractivity contribution is 5.71. The van der Waals surface area contributed by atoms with Gasteiger partial charge in [-0.15, -0.1) is 0 Å². The van der Waals surface area contributed by atoms with Crippen molar-refractivity contribution in [2.24, 2.45) is 10.9 Å². The Morgan fingerprint density at radius 1 is 1.26 bits per heavy atom. The lowest BCUT2D eigenvalue weighted by Gasteiger charge is -2.13. The van der Waals surface area contributed by atoms with E-state index in [-0.39, 0.29) is 0 Å². The van der Waals surface area contributed by atoms with Crippen molar-refractivity contribution >= 4 is 24.4 Å². The lowest BCUT2D eigenvalue weighted by molar-refractivity contribution is 0.189. The summed E-state index contributed by atoms with van der Waals surface area (Å²) in [5, 5.41) is 10.0. The summed E-state index contributed by atoms with van der Waals surface area (Å²) in [7, 11) is 0. The van der Waals surface area contributed by atoms with Gasteiger partial charge in [-0.1, -0.05) is 31.2 Å². The second-order valence-corrected chi connectivity index (χ2v) is 5.97. The topological polar surface area (TPSA) is 58.6 Å². The third-order valence-corrected chi connectivity index (χ3v) is 3.62. The fraction of sp³-hybridized carbons (Fsp3) is 0.263. The maximum absolute atomic E-state index is 10.0. The van der Waals surface area contributed by atoms with Gasteiger partial charge in [0.1, 0.15) is 11.3 Å². The van der Waals surface area contributed by atoms with Crippen molar-refractivity contribution in [3.63, 3.8) is 0 Å². The second kappa shape index (κ2) is 6.34. The van der Waals surface area contributed by atoms with Gasteiger partial charge in [0.15, 0.2) is 5.76 Å². The lowest BCUT2D eigenvalue weighted by Crippen LogP contribution is -2.23. The van der Waals surface area contributed by atoms with E-state index in [1.54, 1.807) is 19.2 Å². The average molecular weight is 308 g/mol. The number of aromatic nitrogens is 1. The molecule has 1 aliphatic heterocycles. The Bertz CT molecular complexity index is 727. The summed E-state index contributed by atoms with van der Waals surface area (Å²) in [4.78, 5) is 8.64. The van der Waals surface area contributed by atoms with Gasteiger partial charge in [-0.05, 0) is 42.7 Å². The van der Waals surface area contributed by atoms with Crippen molar-refractivity contribution in [1.82, 2.24) is 4.98 Å². The molecule has 1 aliphatic carbocycles.